The Hall–Kier alpha value is -3.31. The first-order valence-corrected chi connectivity index (χ1v) is 14.0. The van der Waals surface area contributed by atoms with E-state index in [-0.39, 0.29) is 74.8 Å². The minimum atomic E-state index is -0.802. The molecule has 1 aliphatic rings. The number of aliphatic hydroxyl groups is 2. The van der Waals surface area contributed by atoms with Crippen LogP contribution in [-0.2, 0) is 16.0 Å². The fourth-order valence-corrected chi connectivity index (χ4v) is 5.60. The number of alkyl halides is 1. The lowest BCUT2D eigenvalue weighted by Crippen LogP contribution is -2.32. The molecule has 0 radical (unpaired) electrons. The number of ketones is 3. The molecule has 0 aliphatic heterocycles. The van der Waals surface area contributed by atoms with Gasteiger partial charge in [0.25, 0.3) is 0 Å². The van der Waals surface area contributed by atoms with Crippen molar-refractivity contribution < 1.29 is 42.8 Å². The lowest BCUT2D eigenvalue weighted by Gasteiger charge is -2.31. The molecule has 3 rings (SSSR count). The van der Waals surface area contributed by atoms with Gasteiger partial charge in [-0.25, -0.2) is 4.79 Å². The summed E-state index contributed by atoms with van der Waals surface area (Å²) in [5.74, 6) is -1.89. The van der Waals surface area contributed by atoms with Gasteiger partial charge in [-0.3, -0.25) is 14.4 Å². The number of carbonyl (C=O) groups is 4. The van der Waals surface area contributed by atoms with Crippen LogP contribution in [0.15, 0.2) is 36.4 Å². The largest absolute Gasteiger partial charge is 0.507 e. The quantitative estimate of drug-likeness (QED) is 0.125. The van der Waals surface area contributed by atoms with Gasteiger partial charge in [0.15, 0.2) is 5.78 Å². The van der Waals surface area contributed by atoms with Crippen molar-refractivity contribution in [3.63, 3.8) is 0 Å². The predicted molar refractivity (Wildman–Crippen MR) is 161 cm³/mol. The summed E-state index contributed by atoms with van der Waals surface area (Å²) in [6.07, 6.45) is 1.65. The Kier molecular flexibility index (Phi) is 13.4. The molecule has 2 amide bonds. The highest BCUT2D eigenvalue weighted by Gasteiger charge is 2.35. The van der Waals surface area contributed by atoms with E-state index >= 15 is 0 Å². The van der Waals surface area contributed by atoms with Crippen LogP contribution >= 0.6 is 11.6 Å². The third kappa shape index (κ3) is 9.09. The van der Waals surface area contributed by atoms with E-state index in [4.69, 9.17) is 11.6 Å². The lowest BCUT2D eigenvalue weighted by molar-refractivity contribution is -0.131. The molecule has 2 aromatic carbocycles. The van der Waals surface area contributed by atoms with Gasteiger partial charge in [-0.2, -0.15) is 0 Å². The second-order valence-electron chi connectivity index (χ2n) is 10.3. The van der Waals surface area contributed by atoms with Crippen LogP contribution in [-0.4, -0.2) is 69.8 Å². The highest BCUT2D eigenvalue weighted by Crippen LogP contribution is 2.41. The Labute approximate surface area is 247 Å². The predicted octanol–water partition coefficient (Wildman–Crippen LogP) is 3.77. The van der Waals surface area contributed by atoms with E-state index in [0.29, 0.717) is 42.9 Å². The molecule has 0 heterocycles. The van der Waals surface area contributed by atoms with Crippen LogP contribution in [0.2, 0.25) is 0 Å². The molecule has 0 saturated carbocycles. The van der Waals surface area contributed by atoms with Gasteiger partial charge in [-0.05, 0) is 79.3 Å². The Morgan fingerprint density at radius 1 is 1.10 bits per heavy atom. The number of rotatable bonds is 14. The van der Waals surface area contributed by atoms with E-state index in [1.807, 2.05) is 12.1 Å². The van der Waals surface area contributed by atoms with Gasteiger partial charge in [-0.15, -0.1) is 11.6 Å². The molecule has 2 aromatic rings. The molecular weight excluding hydrogens is 552 g/mol. The fourth-order valence-electron chi connectivity index (χ4n) is 5.47. The molecule has 0 aromatic heterocycles. The average Bonchev–Trinajstić information content (AvgIpc) is 2.89. The summed E-state index contributed by atoms with van der Waals surface area (Å²) in [6.45, 7) is 1.15. The zero-order valence-corrected chi connectivity index (χ0v) is 23.9. The van der Waals surface area contributed by atoms with E-state index in [2.05, 4.69) is 10.6 Å². The van der Waals surface area contributed by atoms with Crippen molar-refractivity contribution in [3.05, 3.63) is 47.5 Å². The number of phenolic OH excluding ortho intramolecular Hbond substituents is 1. The first-order chi connectivity index (χ1) is 19.2. The molecule has 0 bridgehead atoms. The molecule has 0 spiro atoms. The standard InChI is InChI=1S/C30H37ClN2O7.H2O.2H2/c1-18(36)13-27(38)25(17-35)21(9-12-34)14-19-15-24-23(7-8-26(37)29(24)28(39)16-19)20-3-5-22(6-4-20)33-30(40)32-11-2-10-31;;;/h3-8,19,21,25,34-35,37H,2,9-17H2,1H3,(H2,32,33,40);1H2;2*1H. The van der Waals surface area contributed by atoms with E-state index in [0.717, 1.165) is 11.1 Å². The number of benzene rings is 2. The summed E-state index contributed by atoms with van der Waals surface area (Å²) in [6, 6.07) is 10.1. The van der Waals surface area contributed by atoms with Crippen molar-refractivity contribution in [1.29, 1.82) is 0 Å². The summed E-state index contributed by atoms with van der Waals surface area (Å²) in [4.78, 5) is 49.4. The van der Waals surface area contributed by atoms with Crippen molar-refractivity contribution in [2.75, 3.05) is 31.0 Å². The molecule has 10 nitrogen and oxygen atoms in total. The van der Waals surface area contributed by atoms with Crippen LogP contribution in [0.1, 0.15) is 57.8 Å². The number of nitrogens with one attached hydrogen (secondary N) is 2. The van der Waals surface area contributed by atoms with Crippen LogP contribution in [0.5, 0.6) is 5.75 Å². The monoisotopic (exact) mass is 594 g/mol. The Morgan fingerprint density at radius 2 is 1.80 bits per heavy atom. The zero-order valence-electron chi connectivity index (χ0n) is 23.1. The van der Waals surface area contributed by atoms with E-state index in [1.54, 1.807) is 18.2 Å². The number of urea groups is 1. The second-order valence-corrected chi connectivity index (χ2v) is 10.7. The van der Waals surface area contributed by atoms with E-state index < -0.39 is 18.4 Å². The van der Waals surface area contributed by atoms with Crippen LogP contribution in [0.3, 0.4) is 0 Å². The Morgan fingerprint density at radius 3 is 2.41 bits per heavy atom. The summed E-state index contributed by atoms with van der Waals surface area (Å²) < 4.78 is 0. The number of aliphatic hydroxyl groups excluding tert-OH is 2. The van der Waals surface area contributed by atoms with Crippen molar-refractivity contribution in [2.45, 2.75) is 45.4 Å². The first-order valence-electron chi connectivity index (χ1n) is 13.5. The molecule has 3 unspecified atom stereocenters. The molecule has 1 aliphatic carbocycles. The van der Waals surface area contributed by atoms with E-state index in [9.17, 15) is 34.5 Å². The SMILES string of the molecule is CC(=O)CC(=O)C(CO)C(CCO)CC1CC(=O)c2c(O)ccc(-c3ccc(NC(=O)NCCCCl)cc3)c2C1.O.[HH].[HH]. The summed E-state index contributed by atoms with van der Waals surface area (Å²) in [7, 11) is 0. The van der Waals surface area contributed by atoms with Gasteiger partial charge in [-0.1, -0.05) is 18.2 Å². The lowest BCUT2D eigenvalue weighted by atomic mass is 9.72. The molecule has 7 N–H and O–H groups in total. The maximum absolute atomic E-state index is 13.2. The number of phenols is 1. The maximum atomic E-state index is 13.2. The molecule has 0 fully saturated rings. The number of amides is 2. The molecule has 0 saturated heterocycles. The number of hydrogen-bond donors (Lipinski definition) is 5. The number of fused-ring (bicyclic) bond motifs is 1. The molecule has 228 valence electrons. The number of aromatic hydroxyl groups is 1. The van der Waals surface area contributed by atoms with Crippen molar-refractivity contribution in [1.82, 2.24) is 5.32 Å². The maximum Gasteiger partial charge on any atom is 0.319 e. The average molecular weight is 595 g/mol. The topological polar surface area (TPSA) is 185 Å². The van der Waals surface area contributed by atoms with Crippen LogP contribution in [0.4, 0.5) is 10.5 Å². The van der Waals surface area contributed by atoms with Gasteiger partial charge >= 0.3 is 6.03 Å². The van der Waals surface area contributed by atoms with Crippen molar-refractivity contribution in [2.24, 2.45) is 17.8 Å². The minimum absolute atomic E-state index is 0. The summed E-state index contributed by atoms with van der Waals surface area (Å²) in [5.41, 5.74) is 3.13. The highest BCUT2D eigenvalue weighted by atomic mass is 35.5. The fraction of sp³-hybridized carbons (Fsp3) is 0.467. The molecule has 41 heavy (non-hydrogen) atoms. The number of Topliss-reactive ketones (excluding diaryl/α,β-unsaturated/α-hetero) is 3. The van der Waals surface area contributed by atoms with Gasteiger partial charge in [0, 0.05) is 39.9 Å². The molecule has 11 heteroatoms. The second kappa shape index (κ2) is 16.2. The zero-order chi connectivity index (χ0) is 29.2. The van der Waals surface area contributed by atoms with Gasteiger partial charge in [0.1, 0.15) is 17.3 Å². The molecular formula is C30H43ClN2O8. The summed E-state index contributed by atoms with van der Waals surface area (Å²) >= 11 is 5.63. The van der Waals surface area contributed by atoms with E-state index in [1.165, 1.54) is 13.0 Å². The third-order valence-corrected chi connectivity index (χ3v) is 7.59. The van der Waals surface area contributed by atoms with Gasteiger partial charge < -0.3 is 31.4 Å². The van der Waals surface area contributed by atoms with Gasteiger partial charge in [0.05, 0.1) is 18.6 Å². The van der Waals surface area contributed by atoms with Gasteiger partial charge in [0.2, 0.25) is 0 Å². The number of anilines is 1. The third-order valence-electron chi connectivity index (χ3n) is 7.32. The Balaban J connectivity index is 0.00000588. The molecule has 3 atom stereocenters. The number of halogens is 1. The first kappa shape index (κ1) is 33.9. The van der Waals surface area contributed by atoms with Crippen molar-refractivity contribution in [3.8, 4) is 16.9 Å². The Bertz CT molecular complexity index is 1230. The van der Waals surface area contributed by atoms with Crippen LogP contribution in [0.25, 0.3) is 11.1 Å². The highest BCUT2D eigenvalue weighted by molar-refractivity contribution is 6.17. The number of carbonyl (C=O) groups excluding carboxylic acids is 4. The minimum Gasteiger partial charge on any atom is -0.507 e. The normalized spacial score (nSPS) is 15.7. The smallest absolute Gasteiger partial charge is 0.319 e. The van der Waals surface area contributed by atoms with Crippen molar-refractivity contribution >= 4 is 40.7 Å². The summed E-state index contributed by atoms with van der Waals surface area (Å²) in [5, 5.41) is 35.6. The van der Waals surface area contributed by atoms with Crippen LogP contribution in [0, 0.1) is 17.8 Å². The number of hydrogen-bond acceptors (Lipinski definition) is 7. The van der Waals surface area contributed by atoms with Crippen LogP contribution < -0.4 is 10.6 Å².